The van der Waals surface area contributed by atoms with Crippen LogP contribution in [0.15, 0.2) is 10.1 Å². The summed E-state index contributed by atoms with van der Waals surface area (Å²) in [5.74, 6) is 0.143. The Kier molecular flexibility index (Phi) is 2.14. The van der Waals surface area contributed by atoms with E-state index in [9.17, 15) is 4.79 Å². The lowest BCUT2D eigenvalue weighted by molar-refractivity contribution is -0.119. The van der Waals surface area contributed by atoms with Crippen molar-refractivity contribution in [2.75, 3.05) is 0 Å². The highest BCUT2D eigenvalue weighted by Gasteiger charge is 2.23. The Morgan fingerprint density at radius 1 is 1.75 bits per heavy atom. The van der Waals surface area contributed by atoms with E-state index >= 15 is 0 Å². The summed E-state index contributed by atoms with van der Waals surface area (Å²) >= 11 is 4.87. The molecule has 1 aromatic heterocycles. The van der Waals surface area contributed by atoms with E-state index in [-0.39, 0.29) is 11.9 Å². The second-order valence-corrected chi connectivity index (χ2v) is 5.01. The number of carbonyl (C=O) groups excluding carboxylic acids is 1. The minimum Gasteiger partial charge on any atom is -0.348 e. The zero-order valence-corrected chi connectivity index (χ0v) is 8.61. The van der Waals surface area contributed by atoms with Crippen molar-refractivity contribution in [2.45, 2.75) is 18.9 Å². The number of halogens is 1. The van der Waals surface area contributed by atoms with Gasteiger partial charge in [-0.2, -0.15) is 0 Å². The van der Waals surface area contributed by atoms with Crippen molar-refractivity contribution < 1.29 is 4.79 Å². The van der Waals surface area contributed by atoms with Crippen molar-refractivity contribution in [3.63, 3.8) is 0 Å². The van der Waals surface area contributed by atoms with Crippen LogP contribution in [0.1, 0.15) is 23.8 Å². The van der Waals surface area contributed by atoms with Gasteiger partial charge in [0.1, 0.15) is 0 Å². The molecule has 12 heavy (non-hydrogen) atoms. The Balaban J connectivity index is 2.15. The lowest BCUT2D eigenvalue weighted by atomic mass is 10.2. The van der Waals surface area contributed by atoms with Crippen LogP contribution in [0.25, 0.3) is 0 Å². The van der Waals surface area contributed by atoms with Crippen LogP contribution in [-0.4, -0.2) is 10.9 Å². The highest BCUT2D eigenvalue weighted by Crippen LogP contribution is 2.29. The first-order chi connectivity index (χ1) is 5.75. The molecule has 1 aliphatic heterocycles. The second-order valence-electron chi connectivity index (χ2n) is 2.67. The number of carbonyl (C=O) groups is 1. The molecule has 1 aliphatic rings. The van der Waals surface area contributed by atoms with Gasteiger partial charge in [0.25, 0.3) is 0 Å². The molecule has 1 aromatic rings. The van der Waals surface area contributed by atoms with Gasteiger partial charge in [0.2, 0.25) is 5.91 Å². The van der Waals surface area contributed by atoms with E-state index in [0.29, 0.717) is 6.42 Å². The van der Waals surface area contributed by atoms with Crippen LogP contribution in [0.3, 0.4) is 0 Å². The van der Waals surface area contributed by atoms with Gasteiger partial charge in [0, 0.05) is 17.5 Å². The van der Waals surface area contributed by atoms with E-state index in [1.807, 2.05) is 6.20 Å². The highest BCUT2D eigenvalue weighted by molar-refractivity contribution is 9.11. The number of hydrogen-bond acceptors (Lipinski definition) is 3. The fourth-order valence-corrected chi connectivity index (χ4v) is 2.64. The predicted molar refractivity (Wildman–Crippen MR) is 49.9 cm³/mol. The smallest absolute Gasteiger partial charge is 0.220 e. The van der Waals surface area contributed by atoms with Crippen LogP contribution in [0.5, 0.6) is 0 Å². The van der Waals surface area contributed by atoms with Gasteiger partial charge < -0.3 is 5.32 Å². The van der Waals surface area contributed by atoms with Gasteiger partial charge >= 0.3 is 0 Å². The van der Waals surface area contributed by atoms with Crippen molar-refractivity contribution in [1.82, 2.24) is 10.3 Å². The Labute approximate surface area is 82.3 Å². The summed E-state index contributed by atoms with van der Waals surface area (Å²) in [4.78, 5) is 16.1. The molecule has 0 spiro atoms. The fraction of sp³-hybridized carbons (Fsp3) is 0.429. The largest absolute Gasteiger partial charge is 0.348 e. The van der Waals surface area contributed by atoms with E-state index < -0.39 is 0 Å². The van der Waals surface area contributed by atoms with Crippen LogP contribution in [-0.2, 0) is 4.79 Å². The minimum absolute atomic E-state index is 0.143. The van der Waals surface area contributed by atoms with Crippen molar-refractivity contribution in [1.29, 1.82) is 0 Å². The van der Waals surface area contributed by atoms with Crippen molar-refractivity contribution >= 4 is 33.2 Å². The Bertz CT molecular complexity index is 312. The Morgan fingerprint density at radius 2 is 2.58 bits per heavy atom. The monoisotopic (exact) mass is 246 g/mol. The molecule has 64 valence electrons. The van der Waals surface area contributed by atoms with Gasteiger partial charge in [-0.1, -0.05) is 0 Å². The van der Waals surface area contributed by atoms with E-state index in [4.69, 9.17) is 0 Å². The first kappa shape index (κ1) is 8.19. The van der Waals surface area contributed by atoms with Crippen LogP contribution < -0.4 is 5.32 Å². The van der Waals surface area contributed by atoms with Gasteiger partial charge in [-0.25, -0.2) is 4.98 Å². The zero-order chi connectivity index (χ0) is 8.55. The maximum absolute atomic E-state index is 10.9. The molecule has 1 saturated heterocycles. The summed E-state index contributed by atoms with van der Waals surface area (Å²) in [7, 11) is 0. The summed E-state index contributed by atoms with van der Waals surface area (Å²) in [5, 5.41) is 2.89. The molecule has 1 fully saturated rings. The topological polar surface area (TPSA) is 42.0 Å². The fourth-order valence-electron chi connectivity index (χ4n) is 1.25. The SMILES string of the molecule is O=C1CCC(c2cnc(Br)s2)N1. The lowest BCUT2D eigenvalue weighted by Crippen LogP contribution is -2.17. The molecule has 2 rings (SSSR count). The average Bonchev–Trinajstić information content (AvgIpc) is 2.58. The summed E-state index contributed by atoms with van der Waals surface area (Å²) < 4.78 is 0.874. The normalized spacial score (nSPS) is 22.8. The van der Waals surface area contributed by atoms with Crippen LogP contribution in [0.2, 0.25) is 0 Å². The standard InChI is InChI=1S/C7H7BrN2OS/c8-7-9-3-5(12-7)4-1-2-6(11)10-4/h3-4H,1-2H2,(H,10,11). The molecule has 1 atom stereocenters. The molecule has 1 amide bonds. The second kappa shape index (κ2) is 3.14. The molecule has 2 heterocycles. The molecule has 0 radical (unpaired) electrons. The van der Waals surface area contributed by atoms with Gasteiger partial charge in [-0.15, -0.1) is 11.3 Å². The van der Waals surface area contributed by atoms with Crippen LogP contribution in [0, 0.1) is 0 Å². The zero-order valence-electron chi connectivity index (χ0n) is 6.21. The number of amides is 1. The van der Waals surface area contributed by atoms with Crippen molar-refractivity contribution in [3.05, 3.63) is 15.0 Å². The summed E-state index contributed by atoms with van der Waals surface area (Å²) in [6, 6.07) is 0.196. The van der Waals surface area contributed by atoms with Crippen molar-refractivity contribution in [2.24, 2.45) is 0 Å². The third-order valence-corrected chi connectivity index (χ3v) is 3.42. The Hall–Kier alpha value is -0.420. The maximum atomic E-state index is 10.9. The average molecular weight is 247 g/mol. The molecule has 1 unspecified atom stereocenters. The first-order valence-electron chi connectivity index (χ1n) is 3.66. The van der Waals surface area contributed by atoms with E-state index in [0.717, 1.165) is 15.2 Å². The summed E-state index contributed by atoms with van der Waals surface area (Å²) in [5.41, 5.74) is 0. The number of nitrogens with one attached hydrogen (secondary N) is 1. The highest BCUT2D eigenvalue weighted by atomic mass is 79.9. The third-order valence-electron chi connectivity index (χ3n) is 1.83. The van der Waals surface area contributed by atoms with Crippen LogP contribution in [0.4, 0.5) is 0 Å². The molecule has 0 bridgehead atoms. The number of nitrogens with zero attached hydrogens (tertiary/aromatic N) is 1. The summed E-state index contributed by atoms with van der Waals surface area (Å²) in [6.07, 6.45) is 3.35. The molecule has 0 saturated carbocycles. The number of aromatic nitrogens is 1. The van der Waals surface area contributed by atoms with E-state index in [1.54, 1.807) is 11.3 Å². The quantitative estimate of drug-likeness (QED) is 0.822. The number of rotatable bonds is 1. The van der Waals surface area contributed by atoms with Gasteiger partial charge in [-0.05, 0) is 22.4 Å². The molecule has 0 aliphatic carbocycles. The van der Waals surface area contributed by atoms with Crippen LogP contribution >= 0.6 is 27.3 Å². The summed E-state index contributed by atoms with van der Waals surface area (Å²) in [6.45, 7) is 0. The number of thiazole rings is 1. The maximum Gasteiger partial charge on any atom is 0.220 e. The first-order valence-corrected chi connectivity index (χ1v) is 5.27. The predicted octanol–water partition coefficient (Wildman–Crippen LogP) is 1.86. The number of hydrogen-bond donors (Lipinski definition) is 1. The lowest BCUT2D eigenvalue weighted by Gasteiger charge is -2.04. The van der Waals surface area contributed by atoms with Crippen molar-refractivity contribution in [3.8, 4) is 0 Å². The molecule has 1 N–H and O–H groups in total. The molecule has 3 nitrogen and oxygen atoms in total. The van der Waals surface area contributed by atoms with E-state index in [1.165, 1.54) is 0 Å². The molecule has 0 aromatic carbocycles. The van der Waals surface area contributed by atoms with Gasteiger partial charge in [-0.3, -0.25) is 4.79 Å². The Morgan fingerprint density at radius 3 is 3.08 bits per heavy atom. The third kappa shape index (κ3) is 1.51. The molecular weight excluding hydrogens is 240 g/mol. The van der Waals surface area contributed by atoms with Gasteiger partial charge in [0.15, 0.2) is 3.92 Å². The molecular formula is C7H7BrN2OS. The van der Waals surface area contributed by atoms with E-state index in [2.05, 4.69) is 26.2 Å². The van der Waals surface area contributed by atoms with Gasteiger partial charge in [0.05, 0.1) is 6.04 Å². The minimum atomic E-state index is 0.143. The molecule has 5 heteroatoms.